The van der Waals surface area contributed by atoms with E-state index in [0.29, 0.717) is 45.1 Å². The summed E-state index contributed by atoms with van der Waals surface area (Å²) < 4.78 is 29.1. The van der Waals surface area contributed by atoms with Crippen LogP contribution in [0.5, 0.6) is 0 Å². The normalized spacial score (nSPS) is 16.1. The van der Waals surface area contributed by atoms with Gasteiger partial charge in [0, 0.05) is 28.6 Å². The summed E-state index contributed by atoms with van der Waals surface area (Å²) in [6, 6.07) is 12.7. The van der Waals surface area contributed by atoms with Crippen molar-refractivity contribution in [2.75, 3.05) is 13.1 Å². The molecule has 1 unspecified atom stereocenters. The number of carbonyl (C=O) groups excluding carboxylic acids is 1. The highest BCUT2D eigenvalue weighted by atomic mass is 35.5. The number of aromatic nitrogens is 2. The highest BCUT2D eigenvalue weighted by molar-refractivity contribution is 7.85. The first kappa shape index (κ1) is 21.7. The highest BCUT2D eigenvalue weighted by Gasteiger charge is 2.42. The first-order valence-electron chi connectivity index (χ1n) is 9.79. The van der Waals surface area contributed by atoms with E-state index in [9.17, 15) is 13.4 Å². The van der Waals surface area contributed by atoms with E-state index in [1.165, 1.54) is 12.1 Å². The van der Waals surface area contributed by atoms with Gasteiger partial charge in [-0.25, -0.2) is 13.6 Å². The van der Waals surface area contributed by atoms with Crippen LogP contribution in [0.15, 0.2) is 58.5 Å². The summed E-state index contributed by atoms with van der Waals surface area (Å²) in [7, 11) is -1.57. The molecular formula is C22H22ClFN4O2S. The van der Waals surface area contributed by atoms with Crippen molar-refractivity contribution in [1.82, 2.24) is 14.5 Å². The van der Waals surface area contributed by atoms with E-state index in [1.54, 1.807) is 41.3 Å². The summed E-state index contributed by atoms with van der Waals surface area (Å²) in [6.45, 7) is 4.52. The fourth-order valence-electron chi connectivity index (χ4n) is 3.91. The van der Waals surface area contributed by atoms with Crippen LogP contribution in [0.4, 0.5) is 4.39 Å². The van der Waals surface area contributed by atoms with Crippen molar-refractivity contribution in [2.24, 2.45) is 5.73 Å². The second-order valence-electron chi connectivity index (χ2n) is 7.78. The number of nitrogens with zero attached hydrogens (tertiary/aromatic N) is 3. The van der Waals surface area contributed by atoms with Crippen LogP contribution < -0.4 is 5.73 Å². The third-order valence-electron chi connectivity index (χ3n) is 5.49. The molecule has 2 aromatic carbocycles. The van der Waals surface area contributed by atoms with E-state index < -0.39 is 16.3 Å². The molecule has 0 radical (unpaired) electrons. The summed E-state index contributed by atoms with van der Waals surface area (Å²) in [5, 5.41) is 1.06. The quantitative estimate of drug-likeness (QED) is 0.645. The molecule has 0 spiro atoms. The maximum atomic E-state index is 13.7. The largest absolute Gasteiger partial charge is 0.327 e. The van der Waals surface area contributed by atoms with Gasteiger partial charge >= 0.3 is 0 Å². The molecule has 3 aromatic rings. The van der Waals surface area contributed by atoms with E-state index in [-0.39, 0.29) is 18.3 Å². The lowest BCUT2D eigenvalue weighted by atomic mass is 9.99. The molecule has 6 nitrogen and oxygen atoms in total. The Morgan fingerprint density at radius 2 is 1.81 bits per heavy atom. The van der Waals surface area contributed by atoms with E-state index in [4.69, 9.17) is 22.3 Å². The molecule has 4 rings (SSSR count). The van der Waals surface area contributed by atoms with Gasteiger partial charge in [-0.2, -0.15) is 0 Å². The number of amides is 1. The van der Waals surface area contributed by atoms with E-state index in [0.717, 1.165) is 0 Å². The van der Waals surface area contributed by atoms with Crippen molar-refractivity contribution >= 4 is 28.3 Å². The summed E-state index contributed by atoms with van der Waals surface area (Å²) in [4.78, 5) is 19.5. The molecule has 1 aliphatic heterocycles. The van der Waals surface area contributed by atoms with Crippen molar-refractivity contribution in [1.29, 1.82) is 0 Å². The van der Waals surface area contributed by atoms with Crippen LogP contribution in [0.2, 0.25) is 5.02 Å². The molecule has 0 saturated heterocycles. The minimum absolute atomic E-state index is 0.0987. The Balaban J connectivity index is 1.92. The van der Waals surface area contributed by atoms with Gasteiger partial charge in [0.1, 0.15) is 33.2 Å². The van der Waals surface area contributed by atoms with Crippen LogP contribution in [0, 0.1) is 5.82 Å². The number of fused-ring (bicyclic) bond motifs is 1. The Labute approximate surface area is 187 Å². The first-order chi connectivity index (χ1) is 14.7. The lowest BCUT2D eigenvalue weighted by molar-refractivity contribution is -0.137. The highest BCUT2D eigenvalue weighted by Crippen LogP contribution is 2.38. The van der Waals surface area contributed by atoms with Gasteiger partial charge in [-0.05, 0) is 62.4 Å². The molecule has 1 aliphatic rings. The molecule has 0 aliphatic carbocycles. The van der Waals surface area contributed by atoms with Crippen LogP contribution in [-0.4, -0.2) is 37.7 Å². The minimum atomic E-state index is -1.57. The fourth-order valence-corrected chi connectivity index (χ4v) is 5.36. The topological polar surface area (TPSA) is 81.2 Å². The zero-order chi connectivity index (χ0) is 22.3. The number of nitrogens with two attached hydrogens (primary N) is 1. The molecule has 0 saturated carbocycles. The van der Waals surface area contributed by atoms with Gasteiger partial charge < -0.3 is 15.2 Å². The average molecular weight is 461 g/mol. The van der Waals surface area contributed by atoms with Gasteiger partial charge in [-0.3, -0.25) is 4.79 Å². The number of benzene rings is 2. The van der Waals surface area contributed by atoms with Crippen LogP contribution in [0.3, 0.4) is 0 Å². The number of halogens is 2. The zero-order valence-electron chi connectivity index (χ0n) is 17.1. The predicted octanol–water partition coefficient (Wildman–Crippen LogP) is 3.55. The molecular weight excluding hydrogens is 439 g/mol. The Morgan fingerprint density at radius 1 is 1.16 bits per heavy atom. The summed E-state index contributed by atoms with van der Waals surface area (Å²) in [5.74, 6) is 0.0632. The van der Waals surface area contributed by atoms with Crippen LogP contribution in [0.1, 0.15) is 19.7 Å². The monoisotopic (exact) mass is 460 g/mol. The van der Waals surface area contributed by atoms with Gasteiger partial charge in [0.15, 0.2) is 0 Å². The molecule has 31 heavy (non-hydrogen) atoms. The van der Waals surface area contributed by atoms with Crippen LogP contribution in [-0.2, 0) is 27.7 Å². The van der Waals surface area contributed by atoms with E-state index in [1.807, 2.05) is 18.4 Å². The van der Waals surface area contributed by atoms with Gasteiger partial charge in [-0.15, -0.1) is 0 Å². The molecule has 9 heteroatoms. The van der Waals surface area contributed by atoms with Crippen molar-refractivity contribution < 1.29 is 13.4 Å². The van der Waals surface area contributed by atoms with E-state index >= 15 is 0 Å². The Kier molecular flexibility index (Phi) is 5.72. The van der Waals surface area contributed by atoms with Crippen molar-refractivity contribution in [3.8, 4) is 11.3 Å². The van der Waals surface area contributed by atoms with Crippen molar-refractivity contribution in [3.05, 3.63) is 65.2 Å². The maximum Gasteiger partial charge on any atom is 0.237 e. The average Bonchev–Trinajstić information content (AvgIpc) is 3.15. The summed E-state index contributed by atoms with van der Waals surface area (Å²) >= 11 is 6.00. The smallest absolute Gasteiger partial charge is 0.237 e. The van der Waals surface area contributed by atoms with Gasteiger partial charge in [0.05, 0.1) is 12.1 Å². The lowest BCUT2D eigenvalue weighted by Crippen LogP contribution is -2.53. The number of hydrogen-bond donors (Lipinski definition) is 1. The second kappa shape index (κ2) is 8.18. The third-order valence-corrected chi connectivity index (χ3v) is 7.20. The zero-order valence-corrected chi connectivity index (χ0v) is 18.7. The molecule has 1 amide bonds. The number of rotatable bonds is 4. The number of hydrogen-bond acceptors (Lipinski definition) is 4. The molecule has 2 heterocycles. The minimum Gasteiger partial charge on any atom is -0.327 e. The standard InChI is InChI=1S/C22H22ClFN4O2S/c1-22(2)21-26-19(14-3-7-16(24)8-4-14)20(27(21)11-12-28(22)18(29)13-25)31(30)17-9-5-15(23)6-10-17/h3-10H,11-13,25H2,1-2H3. The Hall–Kier alpha value is -2.55. The van der Waals surface area contributed by atoms with Crippen molar-refractivity contribution in [2.45, 2.75) is 35.9 Å². The number of carbonyl (C=O) groups is 1. The SMILES string of the molecule is CC1(C)c2nc(-c3ccc(F)cc3)c(S(=O)c3ccc(Cl)cc3)n2CCN1C(=O)CN. The molecule has 0 fully saturated rings. The number of imidazole rings is 1. The Morgan fingerprint density at radius 3 is 2.42 bits per heavy atom. The van der Waals surface area contributed by atoms with Crippen molar-refractivity contribution in [3.63, 3.8) is 0 Å². The Bertz CT molecular complexity index is 1160. The fraction of sp³-hybridized carbons (Fsp3) is 0.273. The van der Waals surface area contributed by atoms with Crippen LogP contribution >= 0.6 is 11.6 Å². The molecule has 1 aromatic heterocycles. The van der Waals surface area contributed by atoms with E-state index in [2.05, 4.69) is 0 Å². The van der Waals surface area contributed by atoms with Gasteiger partial charge in [-0.1, -0.05) is 11.6 Å². The maximum absolute atomic E-state index is 13.7. The first-order valence-corrected chi connectivity index (χ1v) is 11.3. The summed E-state index contributed by atoms with van der Waals surface area (Å²) in [6.07, 6.45) is 0. The van der Waals surface area contributed by atoms with Crippen LogP contribution in [0.25, 0.3) is 11.3 Å². The van der Waals surface area contributed by atoms with Gasteiger partial charge in [0.25, 0.3) is 0 Å². The predicted molar refractivity (Wildman–Crippen MR) is 118 cm³/mol. The summed E-state index contributed by atoms with van der Waals surface area (Å²) in [5.41, 5.74) is 5.99. The molecule has 0 bridgehead atoms. The molecule has 1 atom stereocenters. The molecule has 2 N–H and O–H groups in total. The molecule has 162 valence electrons. The second-order valence-corrected chi connectivity index (χ2v) is 9.61. The van der Waals surface area contributed by atoms with Gasteiger partial charge in [0.2, 0.25) is 5.91 Å². The lowest BCUT2D eigenvalue weighted by Gasteiger charge is -2.42. The third kappa shape index (κ3) is 3.79.